The van der Waals surface area contributed by atoms with Crippen LogP contribution in [0.2, 0.25) is 0 Å². The Hall–Kier alpha value is -1.17. The van der Waals surface area contributed by atoms with E-state index in [1.165, 1.54) is 6.42 Å². The molecule has 1 fully saturated rings. The second kappa shape index (κ2) is 6.32. The first-order chi connectivity index (χ1) is 9.43. The van der Waals surface area contributed by atoms with Gasteiger partial charge < -0.3 is 14.2 Å². The minimum Gasteiger partial charge on any atom is -0.490 e. The molecule has 0 aromatic carbocycles. The Bertz CT molecular complexity index is 522. The zero-order valence-corrected chi connectivity index (χ0v) is 11.5. The molecule has 0 radical (unpaired) electrons. The molecule has 2 aromatic rings. The summed E-state index contributed by atoms with van der Waals surface area (Å²) in [7, 11) is 0. The van der Waals surface area contributed by atoms with Crippen LogP contribution in [0.5, 0.6) is 5.75 Å². The van der Waals surface area contributed by atoms with Crippen LogP contribution in [0.1, 0.15) is 19.3 Å². The third-order valence-corrected chi connectivity index (χ3v) is 4.01. The minimum atomic E-state index is -0.0449. The number of pyridine rings is 1. The Labute approximate surface area is 116 Å². The summed E-state index contributed by atoms with van der Waals surface area (Å²) in [5, 5.41) is 2.02. The van der Waals surface area contributed by atoms with Crippen LogP contribution in [0.4, 0.5) is 0 Å². The second-order valence-electron chi connectivity index (χ2n) is 4.46. The molecule has 3 heterocycles. The normalized spacial score (nSPS) is 19.7. The SMILES string of the molecule is c1cc(OCCOC2CCCCO2)c2sccc2n1. The van der Waals surface area contributed by atoms with E-state index in [2.05, 4.69) is 4.98 Å². The van der Waals surface area contributed by atoms with E-state index >= 15 is 0 Å². The standard InChI is InChI=1S/C14H17NO3S/c1-2-7-17-13(3-1)18-9-8-16-12-4-6-15-11-5-10-19-14(11)12/h4-6,10,13H,1-3,7-9H2. The molecule has 102 valence electrons. The van der Waals surface area contributed by atoms with Crippen molar-refractivity contribution in [1.82, 2.24) is 4.98 Å². The molecular formula is C14H17NO3S. The predicted octanol–water partition coefficient (Wildman–Crippen LogP) is 3.22. The van der Waals surface area contributed by atoms with Gasteiger partial charge in [0.25, 0.3) is 0 Å². The van der Waals surface area contributed by atoms with E-state index in [9.17, 15) is 0 Å². The molecule has 2 aromatic heterocycles. The van der Waals surface area contributed by atoms with Crippen LogP contribution in [-0.4, -0.2) is 31.1 Å². The van der Waals surface area contributed by atoms with Gasteiger partial charge >= 0.3 is 0 Å². The number of fused-ring (bicyclic) bond motifs is 1. The van der Waals surface area contributed by atoms with E-state index in [1.807, 2.05) is 17.5 Å². The summed E-state index contributed by atoms with van der Waals surface area (Å²) in [6, 6.07) is 3.90. The van der Waals surface area contributed by atoms with E-state index in [-0.39, 0.29) is 6.29 Å². The molecule has 0 amide bonds. The molecule has 19 heavy (non-hydrogen) atoms. The summed E-state index contributed by atoms with van der Waals surface area (Å²) >= 11 is 1.65. The molecule has 1 aliphatic rings. The van der Waals surface area contributed by atoms with Gasteiger partial charge in [0.05, 0.1) is 16.8 Å². The molecule has 0 aliphatic carbocycles. The summed E-state index contributed by atoms with van der Waals surface area (Å²) in [6.45, 7) is 1.91. The minimum absolute atomic E-state index is 0.0449. The van der Waals surface area contributed by atoms with E-state index in [0.29, 0.717) is 13.2 Å². The summed E-state index contributed by atoms with van der Waals surface area (Å²) in [4.78, 5) is 4.28. The molecule has 4 nitrogen and oxygen atoms in total. The fourth-order valence-electron chi connectivity index (χ4n) is 2.14. The molecule has 1 saturated heterocycles. The highest BCUT2D eigenvalue weighted by atomic mass is 32.1. The molecule has 1 unspecified atom stereocenters. The van der Waals surface area contributed by atoms with Gasteiger partial charge in [-0.15, -0.1) is 11.3 Å². The van der Waals surface area contributed by atoms with Gasteiger partial charge in [0.2, 0.25) is 0 Å². The van der Waals surface area contributed by atoms with Gasteiger partial charge in [-0.25, -0.2) is 0 Å². The van der Waals surface area contributed by atoms with E-state index in [0.717, 1.165) is 35.4 Å². The van der Waals surface area contributed by atoms with Crippen molar-refractivity contribution in [1.29, 1.82) is 0 Å². The lowest BCUT2D eigenvalue weighted by atomic mass is 10.2. The molecule has 0 N–H and O–H groups in total. The molecule has 3 rings (SSSR count). The smallest absolute Gasteiger partial charge is 0.157 e. The van der Waals surface area contributed by atoms with Gasteiger partial charge in [0, 0.05) is 12.8 Å². The van der Waals surface area contributed by atoms with Crippen LogP contribution in [0.15, 0.2) is 23.7 Å². The maximum atomic E-state index is 5.76. The molecule has 0 bridgehead atoms. The third kappa shape index (κ3) is 3.23. The van der Waals surface area contributed by atoms with Crippen LogP contribution < -0.4 is 4.74 Å². The Kier molecular flexibility index (Phi) is 4.27. The van der Waals surface area contributed by atoms with Gasteiger partial charge in [-0.05, 0) is 36.8 Å². The third-order valence-electron chi connectivity index (χ3n) is 3.09. The maximum absolute atomic E-state index is 5.76. The average molecular weight is 279 g/mol. The van der Waals surface area contributed by atoms with Crippen molar-refractivity contribution in [3.05, 3.63) is 23.7 Å². The highest BCUT2D eigenvalue weighted by Gasteiger charge is 2.13. The molecule has 0 spiro atoms. The summed E-state index contributed by atoms with van der Waals surface area (Å²) in [5.74, 6) is 0.883. The number of nitrogens with zero attached hydrogens (tertiary/aromatic N) is 1. The summed E-state index contributed by atoms with van der Waals surface area (Å²) in [5.41, 5.74) is 0.985. The Morgan fingerprint density at radius 3 is 3.21 bits per heavy atom. The van der Waals surface area contributed by atoms with Gasteiger partial charge in [-0.3, -0.25) is 4.98 Å². The van der Waals surface area contributed by atoms with Crippen LogP contribution in [-0.2, 0) is 9.47 Å². The van der Waals surface area contributed by atoms with Gasteiger partial charge in [-0.2, -0.15) is 0 Å². The molecular weight excluding hydrogens is 262 g/mol. The topological polar surface area (TPSA) is 40.6 Å². The molecule has 0 saturated carbocycles. The predicted molar refractivity (Wildman–Crippen MR) is 74.7 cm³/mol. The zero-order valence-electron chi connectivity index (χ0n) is 10.7. The van der Waals surface area contributed by atoms with Crippen molar-refractivity contribution < 1.29 is 14.2 Å². The van der Waals surface area contributed by atoms with Crippen LogP contribution >= 0.6 is 11.3 Å². The Morgan fingerprint density at radius 2 is 2.32 bits per heavy atom. The first-order valence-electron chi connectivity index (χ1n) is 6.62. The maximum Gasteiger partial charge on any atom is 0.157 e. The van der Waals surface area contributed by atoms with E-state index < -0.39 is 0 Å². The molecule has 1 atom stereocenters. The highest BCUT2D eigenvalue weighted by molar-refractivity contribution is 7.17. The van der Waals surface area contributed by atoms with Gasteiger partial charge in [-0.1, -0.05) is 0 Å². The number of hydrogen-bond acceptors (Lipinski definition) is 5. The zero-order chi connectivity index (χ0) is 12.9. The van der Waals surface area contributed by atoms with Crippen molar-refractivity contribution in [2.45, 2.75) is 25.6 Å². The lowest BCUT2D eigenvalue weighted by molar-refractivity contribution is -0.165. The number of thiophene rings is 1. The average Bonchev–Trinajstić information content (AvgIpc) is 2.94. The first kappa shape index (κ1) is 12.8. The van der Waals surface area contributed by atoms with Crippen molar-refractivity contribution in [3.8, 4) is 5.75 Å². The Morgan fingerprint density at radius 1 is 1.32 bits per heavy atom. The van der Waals surface area contributed by atoms with Crippen LogP contribution in [0.25, 0.3) is 10.2 Å². The van der Waals surface area contributed by atoms with E-state index in [4.69, 9.17) is 14.2 Å². The lowest BCUT2D eigenvalue weighted by Crippen LogP contribution is -2.24. The number of rotatable bonds is 5. The number of aromatic nitrogens is 1. The monoisotopic (exact) mass is 279 g/mol. The van der Waals surface area contributed by atoms with Crippen molar-refractivity contribution in [2.75, 3.05) is 19.8 Å². The van der Waals surface area contributed by atoms with Crippen molar-refractivity contribution in [2.24, 2.45) is 0 Å². The fraction of sp³-hybridized carbons (Fsp3) is 0.500. The lowest BCUT2D eigenvalue weighted by Gasteiger charge is -2.22. The number of ether oxygens (including phenoxy) is 3. The summed E-state index contributed by atoms with van der Waals surface area (Å²) < 4.78 is 18.0. The highest BCUT2D eigenvalue weighted by Crippen LogP contribution is 2.28. The quantitative estimate of drug-likeness (QED) is 0.788. The van der Waals surface area contributed by atoms with Crippen molar-refractivity contribution in [3.63, 3.8) is 0 Å². The largest absolute Gasteiger partial charge is 0.490 e. The second-order valence-corrected chi connectivity index (χ2v) is 5.38. The van der Waals surface area contributed by atoms with Crippen molar-refractivity contribution >= 4 is 21.6 Å². The first-order valence-corrected chi connectivity index (χ1v) is 7.50. The Balaban J connectivity index is 1.48. The summed E-state index contributed by atoms with van der Waals surface area (Å²) in [6.07, 6.45) is 5.05. The molecule has 5 heteroatoms. The van der Waals surface area contributed by atoms with Crippen LogP contribution in [0, 0.1) is 0 Å². The van der Waals surface area contributed by atoms with Gasteiger partial charge in [0.1, 0.15) is 12.4 Å². The fourth-order valence-corrected chi connectivity index (χ4v) is 2.95. The van der Waals surface area contributed by atoms with Gasteiger partial charge in [0.15, 0.2) is 6.29 Å². The number of hydrogen-bond donors (Lipinski definition) is 0. The molecule has 1 aliphatic heterocycles. The van der Waals surface area contributed by atoms with Crippen LogP contribution in [0.3, 0.4) is 0 Å². The van der Waals surface area contributed by atoms with E-state index in [1.54, 1.807) is 17.5 Å².